The Kier molecular flexibility index (Phi) is 5.31. The number of hydrogen-bond donors (Lipinski definition) is 2. The summed E-state index contributed by atoms with van der Waals surface area (Å²) in [5.74, 6) is 0.715. The Morgan fingerprint density at radius 1 is 1.18 bits per heavy atom. The maximum absolute atomic E-state index is 12.5. The fourth-order valence-corrected chi connectivity index (χ4v) is 2.82. The van der Waals surface area contributed by atoms with E-state index in [0.29, 0.717) is 22.9 Å². The predicted molar refractivity (Wildman–Crippen MR) is 109 cm³/mol. The normalized spacial score (nSPS) is 17.0. The maximum atomic E-state index is 12.5. The molecule has 2 aromatic rings. The zero-order valence-corrected chi connectivity index (χ0v) is 16.8. The summed E-state index contributed by atoms with van der Waals surface area (Å²) < 4.78 is 11.3. The number of nitrogens with one attached hydrogen (secondary N) is 2. The second-order valence-corrected chi connectivity index (χ2v) is 7.98. The second kappa shape index (κ2) is 7.54. The third-order valence-electron chi connectivity index (χ3n) is 4.58. The van der Waals surface area contributed by atoms with Crippen molar-refractivity contribution in [1.29, 1.82) is 0 Å². The number of anilines is 2. The van der Waals surface area contributed by atoms with Crippen LogP contribution in [0, 0.1) is 0 Å². The van der Waals surface area contributed by atoms with E-state index in [-0.39, 0.29) is 17.2 Å². The Bertz CT molecular complexity index is 884. The molecular weight excluding hydrogens is 356 g/mol. The minimum Gasteiger partial charge on any atom is -0.481 e. The van der Waals surface area contributed by atoms with Gasteiger partial charge >= 0.3 is 0 Å². The first-order valence-corrected chi connectivity index (χ1v) is 9.33. The van der Waals surface area contributed by atoms with Gasteiger partial charge in [0.2, 0.25) is 0 Å². The van der Waals surface area contributed by atoms with Gasteiger partial charge in [-0.3, -0.25) is 9.59 Å². The summed E-state index contributed by atoms with van der Waals surface area (Å²) in [6.07, 6.45) is -1.21. The molecule has 0 saturated heterocycles. The molecule has 1 aliphatic heterocycles. The zero-order chi connectivity index (χ0) is 20.5. The molecule has 148 valence electrons. The first kappa shape index (κ1) is 19.7. The van der Waals surface area contributed by atoms with Crippen LogP contribution in [-0.4, -0.2) is 24.0 Å². The van der Waals surface area contributed by atoms with E-state index in [1.807, 2.05) is 24.3 Å². The van der Waals surface area contributed by atoms with Gasteiger partial charge in [-0.2, -0.15) is 0 Å². The van der Waals surface area contributed by atoms with E-state index >= 15 is 0 Å². The SMILES string of the molecule is C[C@@H]1Oc2ccc(NC(=O)[C@@H](C)Oc3ccc(C(C)(C)C)cc3)cc2NC1=O. The third-order valence-corrected chi connectivity index (χ3v) is 4.58. The highest BCUT2D eigenvalue weighted by Crippen LogP contribution is 2.32. The van der Waals surface area contributed by atoms with Crippen molar-refractivity contribution in [3.8, 4) is 11.5 Å². The van der Waals surface area contributed by atoms with Crippen molar-refractivity contribution < 1.29 is 19.1 Å². The quantitative estimate of drug-likeness (QED) is 0.834. The molecule has 2 aromatic carbocycles. The molecule has 6 heteroatoms. The fourth-order valence-electron chi connectivity index (χ4n) is 2.82. The largest absolute Gasteiger partial charge is 0.481 e. The molecule has 0 bridgehead atoms. The molecule has 2 amide bonds. The van der Waals surface area contributed by atoms with Crippen LogP contribution in [-0.2, 0) is 15.0 Å². The van der Waals surface area contributed by atoms with Crippen LogP contribution in [0.3, 0.4) is 0 Å². The number of fused-ring (bicyclic) bond motifs is 1. The molecule has 0 aromatic heterocycles. The molecule has 0 fully saturated rings. The number of ether oxygens (including phenoxy) is 2. The van der Waals surface area contributed by atoms with Gasteiger partial charge < -0.3 is 20.1 Å². The summed E-state index contributed by atoms with van der Waals surface area (Å²) in [5, 5.41) is 5.57. The molecule has 0 aliphatic carbocycles. The van der Waals surface area contributed by atoms with Gasteiger partial charge in [0, 0.05) is 5.69 Å². The van der Waals surface area contributed by atoms with Crippen molar-refractivity contribution in [3.05, 3.63) is 48.0 Å². The van der Waals surface area contributed by atoms with Crippen molar-refractivity contribution in [2.75, 3.05) is 10.6 Å². The maximum Gasteiger partial charge on any atom is 0.265 e. The molecule has 28 heavy (non-hydrogen) atoms. The summed E-state index contributed by atoms with van der Waals surface area (Å²) >= 11 is 0. The second-order valence-electron chi connectivity index (χ2n) is 7.98. The third kappa shape index (κ3) is 4.44. The highest BCUT2D eigenvalue weighted by molar-refractivity contribution is 5.99. The molecule has 6 nitrogen and oxygen atoms in total. The van der Waals surface area contributed by atoms with Gasteiger partial charge in [-0.05, 0) is 55.2 Å². The molecule has 1 aliphatic rings. The molecule has 0 radical (unpaired) electrons. The molecular formula is C22H26N2O4. The number of hydrogen-bond acceptors (Lipinski definition) is 4. The Morgan fingerprint density at radius 2 is 1.86 bits per heavy atom. The first-order chi connectivity index (χ1) is 13.1. The first-order valence-electron chi connectivity index (χ1n) is 9.33. The van der Waals surface area contributed by atoms with Crippen LogP contribution in [0.15, 0.2) is 42.5 Å². The van der Waals surface area contributed by atoms with Crippen molar-refractivity contribution in [3.63, 3.8) is 0 Å². The highest BCUT2D eigenvalue weighted by Gasteiger charge is 2.24. The molecule has 0 spiro atoms. The van der Waals surface area contributed by atoms with E-state index in [1.54, 1.807) is 32.0 Å². The Labute approximate surface area is 165 Å². The average molecular weight is 382 g/mol. The standard InChI is InChI=1S/C22H26N2O4/c1-13(27-17-9-6-15(7-10-17)22(3,4)5)20(25)23-16-8-11-19-18(12-16)24-21(26)14(2)28-19/h6-14H,1-5H3,(H,23,25)(H,24,26)/t13-,14+/m1/s1. The van der Waals surface area contributed by atoms with Crippen LogP contribution >= 0.6 is 0 Å². The Hall–Kier alpha value is -3.02. The number of carbonyl (C=O) groups is 2. The van der Waals surface area contributed by atoms with Gasteiger partial charge in [-0.1, -0.05) is 32.9 Å². The fraction of sp³-hybridized carbons (Fsp3) is 0.364. The van der Waals surface area contributed by atoms with Crippen molar-refractivity contribution >= 4 is 23.2 Å². The van der Waals surface area contributed by atoms with E-state index in [1.165, 1.54) is 5.56 Å². The van der Waals surface area contributed by atoms with E-state index in [2.05, 4.69) is 31.4 Å². The van der Waals surface area contributed by atoms with E-state index in [4.69, 9.17) is 9.47 Å². The highest BCUT2D eigenvalue weighted by atomic mass is 16.5. The smallest absolute Gasteiger partial charge is 0.265 e. The lowest BCUT2D eigenvalue weighted by Crippen LogP contribution is -2.34. The summed E-state index contributed by atoms with van der Waals surface area (Å²) in [5.41, 5.74) is 2.35. The van der Waals surface area contributed by atoms with E-state index in [0.717, 1.165) is 0 Å². The summed E-state index contributed by atoms with van der Waals surface area (Å²) in [6, 6.07) is 12.9. The van der Waals surface area contributed by atoms with Crippen molar-refractivity contribution in [2.45, 2.75) is 52.2 Å². The molecule has 0 saturated carbocycles. The van der Waals surface area contributed by atoms with Crippen LogP contribution in [0.25, 0.3) is 0 Å². The Balaban J connectivity index is 1.63. The minimum absolute atomic E-state index is 0.0604. The summed E-state index contributed by atoms with van der Waals surface area (Å²) in [4.78, 5) is 24.2. The Morgan fingerprint density at radius 3 is 2.50 bits per heavy atom. The molecule has 2 atom stereocenters. The zero-order valence-electron chi connectivity index (χ0n) is 16.8. The van der Waals surface area contributed by atoms with Gasteiger partial charge in [-0.15, -0.1) is 0 Å². The lowest BCUT2D eigenvalue weighted by atomic mass is 9.87. The van der Waals surface area contributed by atoms with Crippen LogP contribution in [0.5, 0.6) is 11.5 Å². The van der Waals surface area contributed by atoms with Gasteiger partial charge in [0.1, 0.15) is 11.5 Å². The van der Waals surface area contributed by atoms with Crippen LogP contribution in [0.4, 0.5) is 11.4 Å². The van der Waals surface area contributed by atoms with Gasteiger partial charge in [0.15, 0.2) is 12.2 Å². The lowest BCUT2D eigenvalue weighted by molar-refractivity contribution is -0.123. The van der Waals surface area contributed by atoms with Crippen LogP contribution < -0.4 is 20.1 Å². The number of amides is 2. The molecule has 3 rings (SSSR count). The van der Waals surface area contributed by atoms with Crippen molar-refractivity contribution in [2.24, 2.45) is 0 Å². The number of carbonyl (C=O) groups excluding carboxylic acids is 2. The van der Waals surface area contributed by atoms with Gasteiger partial charge in [0.05, 0.1) is 5.69 Å². The molecule has 0 unspecified atom stereocenters. The minimum atomic E-state index is -0.678. The topological polar surface area (TPSA) is 76.7 Å². The van der Waals surface area contributed by atoms with Gasteiger partial charge in [-0.25, -0.2) is 0 Å². The number of benzene rings is 2. The van der Waals surface area contributed by atoms with Crippen LogP contribution in [0.2, 0.25) is 0 Å². The molecule has 1 heterocycles. The van der Waals surface area contributed by atoms with Crippen LogP contribution in [0.1, 0.15) is 40.2 Å². The lowest BCUT2D eigenvalue weighted by Gasteiger charge is -2.24. The summed E-state index contributed by atoms with van der Waals surface area (Å²) in [6.45, 7) is 9.81. The average Bonchev–Trinajstić information content (AvgIpc) is 2.62. The molecule has 2 N–H and O–H groups in total. The summed E-state index contributed by atoms with van der Waals surface area (Å²) in [7, 11) is 0. The number of rotatable bonds is 4. The monoisotopic (exact) mass is 382 g/mol. The van der Waals surface area contributed by atoms with E-state index < -0.39 is 12.2 Å². The van der Waals surface area contributed by atoms with Crippen molar-refractivity contribution in [1.82, 2.24) is 0 Å². The predicted octanol–water partition coefficient (Wildman–Crippen LogP) is 4.11. The van der Waals surface area contributed by atoms with Gasteiger partial charge in [0.25, 0.3) is 11.8 Å². The van der Waals surface area contributed by atoms with E-state index in [9.17, 15) is 9.59 Å².